The van der Waals surface area contributed by atoms with Gasteiger partial charge in [-0.1, -0.05) is 148 Å². The van der Waals surface area contributed by atoms with E-state index in [9.17, 15) is 0 Å². The van der Waals surface area contributed by atoms with Crippen molar-refractivity contribution in [1.29, 1.82) is 0 Å². The van der Waals surface area contributed by atoms with Gasteiger partial charge in [0.25, 0.3) is 0 Å². The first-order valence-electron chi connectivity index (χ1n) is 15.3. The number of benzene rings is 5. The van der Waals surface area contributed by atoms with Crippen LogP contribution in [0.3, 0.4) is 0 Å². The molecule has 0 saturated heterocycles. The molecular weight excluding hydrogens is 468 g/mol. The fourth-order valence-electron chi connectivity index (χ4n) is 4.97. The molecule has 0 amide bonds. The van der Waals surface area contributed by atoms with Crippen LogP contribution in [0.4, 0.5) is 0 Å². The second kappa shape index (κ2) is 17.3. The lowest BCUT2D eigenvalue weighted by atomic mass is 9.93. The van der Waals surface area contributed by atoms with Crippen LogP contribution < -0.4 is 0 Å². The Morgan fingerprint density at radius 3 is 1.59 bits per heavy atom. The molecule has 0 radical (unpaired) electrons. The molecule has 0 heteroatoms. The van der Waals surface area contributed by atoms with Crippen LogP contribution in [0.25, 0.3) is 43.8 Å². The Morgan fingerprint density at radius 1 is 0.436 bits per heavy atom. The number of fused-ring (bicyclic) bond motifs is 5. The second-order valence-electron chi connectivity index (χ2n) is 8.38. The fourth-order valence-corrected chi connectivity index (χ4v) is 4.97. The maximum atomic E-state index is 2.40. The minimum Gasteiger partial charge on any atom is -0.0683 e. The van der Waals surface area contributed by atoms with Crippen LogP contribution >= 0.6 is 0 Å². The van der Waals surface area contributed by atoms with E-state index in [-0.39, 0.29) is 0 Å². The summed E-state index contributed by atoms with van der Waals surface area (Å²) in [6.07, 6.45) is 1.03. The Labute approximate surface area is 240 Å². The van der Waals surface area contributed by atoms with Crippen LogP contribution in [0.5, 0.6) is 0 Å². The molecule has 208 valence electrons. The third-order valence-corrected chi connectivity index (χ3v) is 6.45. The molecule has 39 heavy (non-hydrogen) atoms. The van der Waals surface area contributed by atoms with Crippen molar-refractivity contribution in [2.45, 2.75) is 89.5 Å². The van der Waals surface area contributed by atoms with Gasteiger partial charge in [-0.25, -0.2) is 0 Å². The van der Waals surface area contributed by atoms with Crippen molar-refractivity contribution in [3.63, 3.8) is 0 Å². The van der Waals surface area contributed by atoms with Crippen molar-refractivity contribution in [2.24, 2.45) is 0 Å². The molecule has 0 unspecified atom stereocenters. The molecule has 0 aliphatic heterocycles. The molecule has 5 aromatic carbocycles. The highest BCUT2D eigenvalue weighted by Gasteiger charge is 2.19. The lowest BCUT2D eigenvalue weighted by molar-refractivity contribution is 1.25. The molecule has 1 aliphatic rings. The maximum absolute atomic E-state index is 2.40. The van der Waals surface area contributed by atoms with Gasteiger partial charge < -0.3 is 0 Å². The highest BCUT2D eigenvalue weighted by Crippen LogP contribution is 2.40. The van der Waals surface area contributed by atoms with Gasteiger partial charge in [0, 0.05) is 0 Å². The molecule has 6 rings (SSSR count). The first-order valence-corrected chi connectivity index (χ1v) is 15.3. The minimum atomic E-state index is 1.03. The Hall–Kier alpha value is -3.38. The first kappa shape index (κ1) is 33.6. The van der Waals surface area contributed by atoms with Crippen LogP contribution in [-0.4, -0.2) is 0 Å². The molecule has 0 saturated carbocycles. The van der Waals surface area contributed by atoms with Gasteiger partial charge in [-0.2, -0.15) is 0 Å². The second-order valence-corrected chi connectivity index (χ2v) is 8.38. The monoisotopic (exact) mass is 520 g/mol. The van der Waals surface area contributed by atoms with Gasteiger partial charge in [-0.3, -0.25) is 0 Å². The molecule has 0 aromatic heterocycles. The third-order valence-electron chi connectivity index (χ3n) is 6.45. The quantitative estimate of drug-likeness (QED) is 0.189. The molecule has 0 fully saturated rings. The zero-order chi connectivity index (χ0) is 29.5. The van der Waals surface area contributed by atoms with Crippen LogP contribution in [-0.2, 0) is 6.42 Å². The van der Waals surface area contributed by atoms with E-state index in [4.69, 9.17) is 0 Å². The summed E-state index contributed by atoms with van der Waals surface area (Å²) in [5.74, 6) is 0. The number of hydrogen-bond donors (Lipinski definition) is 0. The average molecular weight is 521 g/mol. The summed E-state index contributed by atoms with van der Waals surface area (Å²) in [4.78, 5) is 0. The normalized spacial score (nSPS) is 9.95. The van der Waals surface area contributed by atoms with E-state index in [0.29, 0.717) is 0 Å². The Bertz CT molecular complexity index is 1440. The van der Waals surface area contributed by atoms with Gasteiger partial charge in [-0.05, 0) is 92.9 Å². The third kappa shape index (κ3) is 7.39. The van der Waals surface area contributed by atoms with Crippen molar-refractivity contribution in [3.8, 4) is 22.3 Å². The minimum absolute atomic E-state index is 1.03. The van der Waals surface area contributed by atoms with E-state index in [0.717, 1.165) is 6.42 Å². The van der Waals surface area contributed by atoms with Crippen molar-refractivity contribution < 1.29 is 0 Å². The van der Waals surface area contributed by atoms with E-state index < -0.39 is 0 Å². The summed E-state index contributed by atoms with van der Waals surface area (Å²) in [6, 6.07) is 31.8. The summed E-state index contributed by atoms with van der Waals surface area (Å²) in [5.41, 5.74) is 11.0. The van der Waals surface area contributed by atoms with Crippen molar-refractivity contribution in [2.75, 3.05) is 0 Å². The summed E-state index contributed by atoms with van der Waals surface area (Å²) >= 11 is 0. The van der Waals surface area contributed by atoms with Crippen molar-refractivity contribution in [3.05, 3.63) is 107 Å². The number of rotatable bonds is 1. The zero-order valence-corrected chi connectivity index (χ0v) is 26.8. The largest absolute Gasteiger partial charge is 0.0683 e. The lowest BCUT2D eigenvalue weighted by Crippen LogP contribution is -1.87. The zero-order valence-electron chi connectivity index (χ0n) is 26.8. The first-order chi connectivity index (χ1) is 19.2. The summed E-state index contributed by atoms with van der Waals surface area (Å²) in [6.45, 7) is 24.4. The van der Waals surface area contributed by atoms with Gasteiger partial charge in [-0.15, -0.1) is 0 Å². The molecule has 1 aliphatic carbocycles. The number of hydrogen-bond acceptors (Lipinski definition) is 0. The fraction of sp³-hybridized carbons (Fsp3) is 0.333. The highest BCUT2D eigenvalue weighted by molar-refractivity contribution is 6.06. The molecule has 0 N–H and O–H groups in total. The number of aryl methyl sites for hydroxylation is 2. The van der Waals surface area contributed by atoms with E-state index in [1.165, 1.54) is 66.1 Å². The standard InChI is InChI=1S/C29H22.5C2H6/c1-18-9-11-26-23(13-18)15-24-14-22(10-12-27(24)26)25-8-4-7-21-16-28-19(2)5-3-6-20(28)17-29(21)25;5*1-2/h3-14,16-17H,15H2,1-2H3;5*1-2H3. The Balaban J connectivity index is 0.000000689. The van der Waals surface area contributed by atoms with E-state index >= 15 is 0 Å². The predicted octanol–water partition coefficient (Wildman–Crippen LogP) is 13.0. The van der Waals surface area contributed by atoms with Crippen LogP contribution in [0.15, 0.2) is 84.9 Å². The molecule has 0 spiro atoms. The van der Waals surface area contributed by atoms with Crippen LogP contribution in [0.2, 0.25) is 0 Å². The van der Waals surface area contributed by atoms with Gasteiger partial charge >= 0.3 is 0 Å². The van der Waals surface area contributed by atoms with E-state index in [1.807, 2.05) is 69.2 Å². The van der Waals surface area contributed by atoms with Crippen LogP contribution in [0, 0.1) is 13.8 Å². The van der Waals surface area contributed by atoms with Crippen molar-refractivity contribution >= 4 is 21.5 Å². The van der Waals surface area contributed by atoms with Crippen molar-refractivity contribution in [1.82, 2.24) is 0 Å². The molecule has 5 aromatic rings. The molecular formula is C39H52. The predicted molar refractivity (Wildman–Crippen MR) is 181 cm³/mol. The summed E-state index contributed by atoms with van der Waals surface area (Å²) in [7, 11) is 0. The van der Waals surface area contributed by atoms with E-state index in [2.05, 4.69) is 98.8 Å². The van der Waals surface area contributed by atoms with Gasteiger partial charge in [0.15, 0.2) is 0 Å². The maximum Gasteiger partial charge on any atom is -0.00131 e. The van der Waals surface area contributed by atoms with Gasteiger partial charge in [0.1, 0.15) is 0 Å². The Morgan fingerprint density at radius 2 is 0.949 bits per heavy atom. The van der Waals surface area contributed by atoms with Gasteiger partial charge in [0.05, 0.1) is 0 Å². The van der Waals surface area contributed by atoms with E-state index in [1.54, 1.807) is 0 Å². The highest BCUT2D eigenvalue weighted by atomic mass is 14.2. The summed E-state index contributed by atoms with van der Waals surface area (Å²) < 4.78 is 0. The SMILES string of the molecule is CC.CC.CC.CC.CC.Cc1ccc2c(c1)Cc1cc(-c3cccc4cc5c(C)cccc5cc34)ccc1-2. The summed E-state index contributed by atoms with van der Waals surface area (Å²) in [5, 5.41) is 5.30. The molecule has 0 nitrogen and oxygen atoms in total. The molecule has 0 heterocycles. The van der Waals surface area contributed by atoms with Gasteiger partial charge in [0.2, 0.25) is 0 Å². The lowest BCUT2D eigenvalue weighted by Gasteiger charge is -2.11. The Kier molecular flexibility index (Phi) is 14.9. The molecule has 0 atom stereocenters. The van der Waals surface area contributed by atoms with Crippen LogP contribution in [0.1, 0.15) is 91.5 Å². The topological polar surface area (TPSA) is 0 Å². The molecule has 0 bridgehead atoms. The average Bonchev–Trinajstić information content (AvgIpc) is 3.38. The smallest absolute Gasteiger partial charge is 0.00131 e.